The molecule has 6 nitrogen and oxygen atoms in total. The van der Waals surface area contributed by atoms with E-state index in [4.69, 9.17) is 5.11 Å². The second kappa shape index (κ2) is 5.87. The first-order chi connectivity index (χ1) is 11.0. The van der Waals surface area contributed by atoms with E-state index in [1.54, 1.807) is 42.1 Å². The van der Waals surface area contributed by atoms with Crippen LogP contribution in [0.2, 0.25) is 0 Å². The number of aryl methyl sites for hydroxylation is 1. The van der Waals surface area contributed by atoms with Gasteiger partial charge in [0, 0.05) is 18.7 Å². The number of carbonyl (C=O) groups is 2. The maximum Gasteiger partial charge on any atom is 0.310 e. The van der Waals surface area contributed by atoms with Gasteiger partial charge >= 0.3 is 5.97 Å². The third-order valence-electron chi connectivity index (χ3n) is 4.23. The summed E-state index contributed by atoms with van der Waals surface area (Å²) >= 11 is 0. The van der Waals surface area contributed by atoms with Crippen LogP contribution in [0.3, 0.4) is 0 Å². The SMILES string of the molecule is CC(C(=O)O)c1ccc(NC(=O)c2cnn(C)c2C2CC2)cc1. The van der Waals surface area contributed by atoms with Crippen LogP contribution in [-0.4, -0.2) is 26.8 Å². The Balaban J connectivity index is 1.74. The fraction of sp³-hybridized carbons (Fsp3) is 0.353. The van der Waals surface area contributed by atoms with Crippen LogP contribution in [0.4, 0.5) is 5.69 Å². The number of aliphatic carboxylic acids is 1. The molecule has 1 unspecified atom stereocenters. The molecule has 1 aromatic carbocycles. The lowest BCUT2D eigenvalue weighted by atomic mass is 10.0. The largest absolute Gasteiger partial charge is 0.481 e. The Hall–Kier alpha value is -2.63. The summed E-state index contributed by atoms with van der Waals surface area (Å²) in [5, 5.41) is 16.0. The van der Waals surface area contributed by atoms with Crippen LogP contribution in [0.1, 0.15) is 53.2 Å². The summed E-state index contributed by atoms with van der Waals surface area (Å²) < 4.78 is 1.77. The zero-order valence-electron chi connectivity index (χ0n) is 13.1. The number of carboxylic acids is 1. The number of aromatic nitrogens is 2. The number of carbonyl (C=O) groups excluding carboxylic acids is 1. The Kier molecular flexibility index (Phi) is 3.90. The van der Waals surface area contributed by atoms with E-state index in [0.717, 1.165) is 18.5 Å². The zero-order chi connectivity index (χ0) is 16.6. The predicted molar refractivity (Wildman–Crippen MR) is 85.6 cm³/mol. The first-order valence-corrected chi connectivity index (χ1v) is 7.63. The van der Waals surface area contributed by atoms with Crippen LogP contribution in [0, 0.1) is 0 Å². The number of benzene rings is 1. The molecule has 0 bridgehead atoms. The van der Waals surface area contributed by atoms with Gasteiger partial charge in [-0.1, -0.05) is 12.1 Å². The van der Waals surface area contributed by atoms with Gasteiger partial charge in [0.2, 0.25) is 0 Å². The van der Waals surface area contributed by atoms with E-state index in [2.05, 4.69) is 10.4 Å². The molecule has 1 fully saturated rings. The molecule has 1 aliphatic rings. The quantitative estimate of drug-likeness (QED) is 0.889. The van der Waals surface area contributed by atoms with Gasteiger partial charge in [0.05, 0.1) is 23.4 Å². The molecule has 1 aromatic heterocycles. The first-order valence-electron chi connectivity index (χ1n) is 7.63. The van der Waals surface area contributed by atoms with Crippen molar-refractivity contribution in [3.63, 3.8) is 0 Å². The van der Waals surface area contributed by atoms with Gasteiger partial charge in [-0.2, -0.15) is 5.10 Å². The molecule has 0 radical (unpaired) electrons. The van der Waals surface area contributed by atoms with Crippen LogP contribution in [0.25, 0.3) is 0 Å². The van der Waals surface area contributed by atoms with Gasteiger partial charge in [-0.05, 0) is 37.5 Å². The standard InChI is InChI=1S/C17H19N3O3/c1-10(17(22)23)11-5-7-13(8-6-11)19-16(21)14-9-18-20(2)15(14)12-3-4-12/h5-10,12H,3-4H2,1-2H3,(H,19,21)(H,22,23). The van der Waals surface area contributed by atoms with Crippen molar-refractivity contribution >= 4 is 17.6 Å². The molecule has 3 rings (SSSR count). The van der Waals surface area contributed by atoms with Crippen molar-refractivity contribution in [3.05, 3.63) is 47.3 Å². The first kappa shape index (κ1) is 15.3. The molecule has 6 heteroatoms. The maximum atomic E-state index is 12.4. The molecule has 2 aromatic rings. The molecule has 1 atom stereocenters. The molecule has 0 saturated heterocycles. The fourth-order valence-corrected chi connectivity index (χ4v) is 2.66. The topological polar surface area (TPSA) is 84.2 Å². The van der Waals surface area contributed by atoms with Crippen molar-refractivity contribution in [2.75, 3.05) is 5.32 Å². The number of rotatable bonds is 5. The number of anilines is 1. The summed E-state index contributed by atoms with van der Waals surface area (Å²) in [6, 6.07) is 6.89. The Morgan fingerprint density at radius 3 is 2.52 bits per heavy atom. The second-order valence-electron chi connectivity index (χ2n) is 5.98. The Morgan fingerprint density at radius 2 is 1.96 bits per heavy atom. The van der Waals surface area contributed by atoms with Gasteiger partial charge in [0.15, 0.2) is 0 Å². The molecule has 1 aliphatic carbocycles. The van der Waals surface area contributed by atoms with Crippen molar-refractivity contribution in [2.45, 2.75) is 31.6 Å². The highest BCUT2D eigenvalue weighted by Gasteiger charge is 2.31. The third kappa shape index (κ3) is 3.11. The van der Waals surface area contributed by atoms with Crippen molar-refractivity contribution < 1.29 is 14.7 Å². The summed E-state index contributed by atoms with van der Waals surface area (Å²) in [6.07, 6.45) is 3.80. The summed E-state index contributed by atoms with van der Waals surface area (Å²) in [5.74, 6) is -1.19. The highest BCUT2D eigenvalue weighted by atomic mass is 16.4. The van der Waals surface area contributed by atoms with E-state index >= 15 is 0 Å². The van der Waals surface area contributed by atoms with Crippen molar-refractivity contribution in [1.29, 1.82) is 0 Å². The van der Waals surface area contributed by atoms with Gasteiger partial charge in [-0.3, -0.25) is 14.3 Å². The van der Waals surface area contributed by atoms with Crippen LogP contribution >= 0.6 is 0 Å². The Morgan fingerprint density at radius 1 is 1.30 bits per heavy atom. The molecular formula is C17H19N3O3. The van der Waals surface area contributed by atoms with E-state index in [9.17, 15) is 9.59 Å². The van der Waals surface area contributed by atoms with Gasteiger partial charge in [-0.15, -0.1) is 0 Å². The minimum absolute atomic E-state index is 0.181. The normalized spacial score (nSPS) is 15.2. The van der Waals surface area contributed by atoms with Gasteiger partial charge in [0.1, 0.15) is 0 Å². The van der Waals surface area contributed by atoms with Crippen LogP contribution in [0.5, 0.6) is 0 Å². The van der Waals surface area contributed by atoms with Gasteiger partial charge in [0.25, 0.3) is 5.91 Å². The highest BCUT2D eigenvalue weighted by molar-refractivity contribution is 6.05. The van der Waals surface area contributed by atoms with Crippen LogP contribution in [-0.2, 0) is 11.8 Å². The van der Waals surface area contributed by atoms with Crippen LogP contribution in [0.15, 0.2) is 30.5 Å². The summed E-state index contributed by atoms with van der Waals surface area (Å²) in [5.41, 5.74) is 2.94. The minimum atomic E-state index is -0.869. The molecule has 1 amide bonds. The Labute approximate surface area is 134 Å². The van der Waals surface area contributed by atoms with Crippen molar-refractivity contribution in [1.82, 2.24) is 9.78 Å². The summed E-state index contributed by atoms with van der Waals surface area (Å²) in [6.45, 7) is 1.63. The number of hydrogen-bond acceptors (Lipinski definition) is 3. The number of carboxylic acid groups (broad SMARTS) is 1. The Bertz CT molecular complexity index is 745. The molecule has 1 saturated carbocycles. The summed E-state index contributed by atoms with van der Waals surface area (Å²) in [4.78, 5) is 23.4. The smallest absolute Gasteiger partial charge is 0.310 e. The monoisotopic (exact) mass is 313 g/mol. The molecule has 23 heavy (non-hydrogen) atoms. The molecule has 2 N–H and O–H groups in total. The number of nitrogens with zero attached hydrogens (tertiary/aromatic N) is 2. The lowest BCUT2D eigenvalue weighted by Crippen LogP contribution is -2.14. The lowest BCUT2D eigenvalue weighted by molar-refractivity contribution is -0.138. The van der Waals surface area contributed by atoms with E-state index in [-0.39, 0.29) is 5.91 Å². The average molecular weight is 313 g/mol. The predicted octanol–water partition coefficient (Wildman–Crippen LogP) is 2.74. The van der Waals surface area contributed by atoms with Crippen LogP contribution < -0.4 is 5.32 Å². The van der Waals surface area contributed by atoms with Crippen molar-refractivity contribution in [3.8, 4) is 0 Å². The van der Waals surface area contributed by atoms with Crippen molar-refractivity contribution in [2.24, 2.45) is 7.05 Å². The molecule has 120 valence electrons. The highest BCUT2D eigenvalue weighted by Crippen LogP contribution is 2.41. The third-order valence-corrected chi connectivity index (χ3v) is 4.23. The zero-order valence-corrected chi connectivity index (χ0v) is 13.1. The molecule has 1 heterocycles. The van der Waals surface area contributed by atoms with E-state index in [1.807, 2.05) is 7.05 Å². The number of nitrogens with one attached hydrogen (secondary N) is 1. The molecule has 0 spiro atoms. The average Bonchev–Trinajstić information content (AvgIpc) is 3.29. The van der Waals surface area contributed by atoms with Gasteiger partial charge < -0.3 is 10.4 Å². The van der Waals surface area contributed by atoms with Gasteiger partial charge in [-0.25, -0.2) is 0 Å². The number of amides is 1. The van der Waals surface area contributed by atoms with E-state index < -0.39 is 11.9 Å². The molecular weight excluding hydrogens is 294 g/mol. The van der Waals surface area contributed by atoms with E-state index in [0.29, 0.717) is 22.7 Å². The lowest BCUT2D eigenvalue weighted by Gasteiger charge is -2.09. The summed E-state index contributed by atoms with van der Waals surface area (Å²) in [7, 11) is 1.85. The van der Waals surface area contributed by atoms with E-state index in [1.165, 1.54) is 0 Å². The minimum Gasteiger partial charge on any atom is -0.481 e. The number of hydrogen-bond donors (Lipinski definition) is 2. The maximum absolute atomic E-state index is 12.4. The second-order valence-corrected chi connectivity index (χ2v) is 5.98. The molecule has 0 aliphatic heterocycles. The fourth-order valence-electron chi connectivity index (χ4n) is 2.66.